The van der Waals surface area contributed by atoms with Gasteiger partial charge in [0.25, 0.3) is 0 Å². The molecule has 0 amide bonds. The highest BCUT2D eigenvalue weighted by molar-refractivity contribution is 9.10. The van der Waals surface area contributed by atoms with Gasteiger partial charge in [0.2, 0.25) is 0 Å². The van der Waals surface area contributed by atoms with Gasteiger partial charge in [-0.1, -0.05) is 15.9 Å². The van der Waals surface area contributed by atoms with Crippen LogP contribution in [0.2, 0.25) is 0 Å². The van der Waals surface area contributed by atoms with Crippen molar-refractivity contribution in [3.05, 3.63) is 49.1 Å². The van der Waals surface area contributed by atoms with E-state index < -0.39 is 5.97 Å². The molecule has 20 heavy (non-hydrogen) atoms. The van der Waals surface area contributed by atoms with Crippen molar-refractivity contribution < 1.29 is 9.90 Å². The van der Waals surface area contributed by atoms with Crippen LogP contribution in [0.4, 0.5) is 5.69 Å². The fourth-order valence-electron chi connectivity index (χ4n) is 2.17. The summed E-state index contributed by atoms with van der Waals surface area (Å²) >= 11 is 4.80. The van der Waals surface area contributed by atoms with Gasteiger partial charge < -0.3 is 10.4 Å². The average Bonchev–Trinajstić information content (AvgIpc) is 2.70. The number of carboxylic acids is 1. The molecule has 0 bridgehead atoms. The Morgan fingerprint density at radius 3 is 2.35 bits per heavy atom. The number of aryl methyl sites for hydroxylation is 3. The van der Waals surface area contributed by atoms with Crippen LogP contribution in [-0.4, -0.2) is 11.1 Å². The molecule has 2 N–H and O–H groups in total. The van der Waals surface area contributed by atoms with Crippen LogP contribution in [-0.2, 0) is 6.54 Å². The van der Waals surface area contributed by atoms with E-state index in [0.717, 1.165) is 20.6 Å². The second kappa shape index (κ2) is 5.97. The van der Waals surface area contributed by atoms with E-state index in [4.69, 9.17) is 5.11 Å². The van der Waals surface area contributed by atoms with Crippen molar-refractivity contribution in [3.63, 3.8) is 0 Å². The lowest BCUT2D eigenvalue weighted by Crippen LogP contribution is -2.03. The zero-order valence-corrected chi connectivity index (χ0v) is 14.0. The summed E-state index contributed by atoms with van der Waals surface area (Å²) in [5.41, 5.74) is 4.48. The number of hydrogen-bond donors (Lipinski definition) is 2. The highest BCUT2D eigenvalue weighted by atomic mass is 79.9. The van der Waals surface area contributed by atoms with Crippen LogP contribution in [0.5, 0.6) is 0 Å². The SMILES string of the molecule is Cc1cc(Br)cc(C)c1NCc1cc(C(=O)O)sc1C. The smallest absolute Gasteiger partial charge is 0.345 e. The van der Waals surface area contributed by atoms with E-state index in [1.54, 1.807) is 6.07 Å². The monoisotopic (exact) mass is 353 g/mol. The molecule has 0 fully saturated rings. The lowest BCUT2D eigenvalue weighted by atomic mass is 10.1. The van der Waals surface area contributed by atoms with Gasteiger partial charge in [0.15, 0.2) is 0 Å². The summed E-state index contributed by atoms with van der Waals surface area (Å²) in [5, 5.41) is 12.4. The molecule has 0 aliphatic heterocycles. The minimum atomic E-state index is -0.861. The van der Waals surface area contributed by atoms with Crippen molar-refractivity contribution >= 4 is 38.9 Å². The molecule has 0 spiro atoms. The molecule has 1 heterocycles. The van der Waals surface area contributed by atoms with Gasteiger partial charge in [0.05, 0.1) is 0 Å². The fraction of sp³-hybridized carbons (Fsp3) is 0.267. The molecular formula is C15H16BrNO2S. The predicted octanol–water partition coefficient (Wildman–Crippen LogP) is 4.75. The number of halogens is 1. The van der Waals surface area contributed by atoms with E-state index in [-0.39, 0.29) is 0 Å². The highest BCUT2D eigenvalue weighted by Gasteiger charge is 2.11. The maximum atomic E-state index is 11.0. The van der Waals surface area contributed by atoms with Crippen LogP contribution in [0.1, 0.15) is 31.2 Å². The first kappa shape index (κ1) is 15.1. The molecule has 0 radical (unpaired) electrons. The van der Waals surface area contributed by atoms with Crippen molar-refractivity contribution in [1.29, 1.82) is 0 Å². The van der Waals surface area contributed by atoms with Gasteiger partial charge >= 0.3 is 5.97 Å². The van der Waals surface area contributed by atoms with Crippen LogP contribution in [0.25, 0.3) is 0 Å². The third kappa shape index (κ3) is 3.22. The summed E-state index contributed by atoms with van der Waals surface area (Å²) < 4.78 is 1.07. The molecule has 2 aromatic rings. The van der Waals surface area contributed by atoms with E-state index in [1.807, 2.05) is 6.92 Å². The molecule has 0 aliphatic rings. The standard InChI is InChI=1S/C15H16BrNO2S/c1-8-4-12(16)5-9(2)14(8)17-7-11-6-13(15(18)19)20-10(11)3/h4-6,17H,7H2,1-3H3,(H,18,19). The van der Waals surface area contributed by atoms with E-state index >= 15 is 0 Å². The van der Waals surface area contributed by atoms with Crippen LogP contribution < -0.4 is 5.32 Å². The normalized spacial score (nSPS) is 10.6. The van der Waals surface area contributed by atoms with Gasteiger partial charge in [-0.05, 0) is 55.7 Å². The maximum absolute atomic E-state index is 11.0. The van der Waals surface area contributed by atoms with Gasteiger partial charge in [0, 0.05) is 21.6 Å². The van der Waals surface area contributed by atoms with E-state index in [9.17, 15) is 4.79 Å². The van der Waals surface area contributed by atoms with Gasteiger partial charge in [-0.2, -0.15) is 0 Å². The molecule has 3 nitrogen and oxygen atoms in total. The number of carboxylic acid groups (broad SMARTS) is 1. The van der Waals surface area contributed by atoms with Crippen molar-refractivity contribution in [2.75, 3.05) is 5.32 Å². The Balaban J connectivity index is 2.19. The lowest BCUT2D eigenvalue weighted by Gasteiger charge is -2.13. The van der Waals surface area contributed by atoms with Crippen molar-refractivity contribution in [2.45, 2.75) is 27.3 Å². The van der Waals surface area contributed by atoms with Gasteiger partial charge in [0.1, 0.15) is 4.88 Å². The second-order valence-corrected chi connectivity index (χ2v) is 6.94. The first-order chi connectivity index (χ1) is 9.38. The summed E-state index contributed by atoms with van der Waals surface area (Å²) in [6, 6.07) is 5.88. The summed E-state index contributed by atoms with van der Waals surface area (Å²) in [5.74, 6) is -0.861. The molecular weight excluding hydrogens is 338 g/mol. The second-order valence-electron chi connectivity index (χ2n) is 4.77. The Morgan fingerprint density at radius 1 is 1.25 bits per heavy atom. The quantitative estimate of drug-likeness (QED) is 0.833. The minimum absolute atomic E-state index is 0.392. The minimum Gasteiger partial charge on any atom is -0.477 e. The number of rotatable bonds is 4. The Hall–Kier alpha value is -1.33. The molecule has 0 saturated heterocycles. The summed E-state index contributed by atoms with van der Waals surface area (Å²) in [6.07, 6.45) is 0. The fourth-order valence-corrected chi connectivity index (χ4v) is 3.74. The third-order valence-electron chi connectivity index (χ3n) is 3.18. The molecule has 5 heteroatoms. The number of aromatic carboxylic acids is 1. The molecule has 2 rings (SSSR count). The van der Waals surface area contributed by atoms with E-state index in [2.05, 4.69) is 47.2 Å². The average molecular weight is 354 g/mol. The topological polar surface area (TPSA) is 49.3 Å². The Kier molecular flexibility index (Phi) is 4.50. The van der Waals surface area contributed by atoms with Crippen molar-refractivity contribution in [2.24, 2.45) is 0 Å². The molecule has 0 atom stereocenters. The predicted molar refractivity (Wildman–Crippen MR) is 87.0 cm³/mol. The van der Waals surface area contributed by atoms with Crippen LogP contribution in [0.3, 0.4) is 0 Å². The van der Waals surface area contributed by atoms with Crippen molar-refractivity contribution in [1.82, 2.24) is 0 Å². The number of thiophene rings is 1. The highest BCUT2D eigenvalue weighted by Crippen LogP contribution is 2.27. The number of hydrogen-bond acceptors (Lipinski definition) is 3. The van der Waals surface area contributed by atoms with Crippen LogP contribution >= 0.6 is 27.3 Å². The van der Waals surface area contributed by atoms with Crippen LogP contribution in [0, 0.1) is 20.8 Å². The number of benzene rings is 1. The molecule has 1 aromatic carbocycles. The maximum Gasteiger partial charge on any atom is 0.345 e. The van der Waals surface area contributed by atoms with E-state index in [1.165, 1.54) is 22.5 Å². The zero-order chi connectivity index (χ0) is 14.9. The zero-order valence-electron chi connectivity index (χ0n) is 11.6. The molecule has 0 saturated carbocycles. The first-order valence-corrected chi connectivity index (χ1v) is 7.82. The van der Waals surface area contributed by atoms with Gasteiger partial charge in [-0.15, -0.1) is 11.3 Å². The number of nitrogens with one attached hydrogen (secondary N) is 1. The Bertz CT molecular complexity index is 641. The first-order valence-electron chi connectivity index (χ1n) is 6.21. The molecule has 106 valence electrons. The molecule has 1 aromatic heterocycles. The van der Waals surface area contributed by atoms with Crippen LogP contribution in [0.15, 0.2) is 22.7 Å². The Morgan fingerprint density at radius 2 is 1.85 bits per heavy atom. The number of carbonyl (C=O) groups is 1. The molecule has 0 unspecified atom stereocenters. The lowest BCUT2D eigenvalue weighted by molar-refractivity contribution is 0.0702. The third-order valence-corrected chi connectivity index (χ3v) is 4.72. The van der Waals surface area contributed by atoms with Crippen molar-refractivity contribution in [3.8, 4) is 0 Å². The number of anilines is 1. The summed E-state index contributed by atoms with van der Waals surface area (Å²) in [4.78, 5) is 12.4. The van der Waals surface area contributed by atoms with Gasteiger partial charge in [-0.25, -0.2) is 4.79 Å². The largest absolute Gasteiger partial charge is 0.477 e. The summed E-state index contributed by atoms with van der Waals surface area (Å²) in [6.45, 7) is 6.71. The van der Waals surface area contributed by atoms with E-state index in [0.29, 0.717) is 11.4 Å². The van der Waals surface area contributed by atoms with Gasteiger partial charge in [-0.3, -0.25) is 0 Å². The molecule has 0 aliphatic carbocycles. The summed E-state index contributed by atoms with van der Waals surface area (Å²) in [7, 11) is 0. The Labute approximate surface area is 130 Å².